The lowest BCUT2D eigenvalue weighted by Gasteiger charge is -2.05. The molecule has 1 N–H and O–H groups in total. The van der Waals surface area contributed by atoms with Crippen LogP contribution in [0.3, 0.4) is 0 Å². The summed E-state index contributed by atoms with van der Waals surface area (Å²) in [5, 5.41) is 21.3. The lowest BCUT2D eigenvalue weighted by molar-refractivity contribution is -0.390. The molecular weight excluding hydrogens is 422 g/mol. The molecule has 3 aromatic rings. The summed E-state index contributed by atoms with van der Waals surface area (Å²) in [6.07, 6.45) is 0. The van der Waals surface area contributed by atoms with E-state index in [1.54, 1.807) is 6.92 Å². The Bertz CT molecular complexity index is 1020. The van der Waals surface area contributed by atoms with Crippen LogP contribution in [0, 0.1) is 24.0 Å². The van der Waals surface area contributed by atoms with Crippen LogP contribution in [0.1, 0.15) is 33.6 Å². The van der Waals surface area contributed by atoms with Crippen molar-refractivity contribution in [2.45, 2.75) is 26.9 Å². The average molecular weight is 438 g/mol. The van der Waals surface area contributed by atoms with Gasteiger partial charge in [0.25, 0.3) is 0 Å². The van der Waals surface area contributed by atoms with Crippen LogP contribution in [-0.4, -0.2) is 35.3 Å². The summed E-state index contributed by atoms with van der Waals surface area (Å²) < 4.78 is 8.59. The molecule has 0 atom stereocenters. The van der Waals surface area contributed by atoms with Gasteiger partial charge in [-0.2, -0.15) is 9.67 Å². The van der Waals surface area contributed by atoms with Crippen molar-refractivity contribution >= 4 is 27.7 Å². The second-order valence-electron chi connectivity index (χ2n) is 5.86. The van der Waals surface area contributed by atoms with E-state index in [1.165, 1.54) is 4.68 Å². The van der Waals surface area contributed by atoms with Gasteiger partial charge in [-0.1, -0.05) is 5.16 Å². The maximum Gasteiger partial charge on any atom is 0.404 e. The van der Waals surface area contributed by atoms with E-state index in [0.29, 0.717) is 12.2 Å². The molecule has 0 aliphatic carbocycles. The Morgan fingerprint density at radius 2 is 2.15 bits per heavy atom. The Balaban J connectivity index is 1.68. The number of aromatic nitrogens is 5. The second kappa shape index (κ2) is 7.31. The Labute approximate surface area is 161 Å². The Hall–Kier alpha value is -3.02. The van der Waals surface area contributed by atoms with Crippen molar-refractivity contribution in [3.05, 3.63) is 55.5 Å². The van der Waals surface area contributed by atoms with Crippen LogP contribution in [0.2, 0.25) is 0 Å². The number of carbonyl (C=O) groups excluding carboxylic acids is 1. The minimum atomic E-state index is -0.589. The van der Waals surface area contributed by atoms with Gasteiger partial charge < -0.3 is 24.5 Å². The standard InChI is InChI=1S/C15H16BrN7O4/c1-8-4-5-10(21(8)3)6-17-14(24)15-18-11(20-27-15)7-22-9(2)12(16)13(19-22)23(25)26/h4-5H,6-7H2,1-3H3,(H,17,24). The van der Waals surface area contributed by atoms with E-state index in [9.17, 15) is 14.9 Å². The van der Waals surface area contributed by atoms with Crippen LogP contribution in [0.4, 0.5) is 5.82 Å². The fourth-order valence-corrected chi connectivity index (χ4v) is 2.84. The summed E-state index contributed by atoms with van der Waals surface area (Å²) in [5.41, 5.74) is 2.55. The van der Waals surface area contributed by atoms with Crippen molar-refractivity contribution in [3.63, 3.8) is 0 Å². The lowest BCUT2D eigenvalue weighted by atomic mass is 10.4. The van der Waals surface area contributed by atoms with Crippen LogP contribution in [-0.2, 0) is 20.1 Å². The third kappa shape index (κ3) is 3.74. The Morgan fingerprint density at radius 3 is 2.74 bits per heavy atom. The zero-order valence-corrected chi connectivity index (χ0v) is 16.3. The quantitative estimate of drug-likeness (QED) is 0.459. The highest BCUT2D eigenvalue weighted by atomic mass is 79.9. The minimum Gasteiger partial charge on any atom is -0.358 e. The number of rotatable bonds is 6. The van der Waals surface area contributed by atoms with Crippen LogP contribution >= 0.6 is 15.9 Å². The first-order chi connectivity index (χ1) is 12.8. The second-order valence-corrected chi connectivity index (χ2v) is 6.65. The van der Waals surface area contributed by atoms with Gasteiger partial charge in [-0.3, -0.25) is 4.79 Å². The maximum atomic E-state index is 12.2. The van der Waals surface area contributed by atoms with Gasteiger partial charge in [0.1, 0.15) is 11.0 Å². The lowest BCUT2D eigenvalue weighted by Crippen LogP contribution is -2.24. The van der Waals surface area contributed by atoms with Crippen molar-refractivity contribution in [2.24, 2.45) is 7.05 Å². The van der Waals surface area contributed by atoms with Gasteiger partial charge in [-0.15, -0.1) is 0 Å². The van der Waals surface area contributed by atoms with Crippen LogP contribution < -0.4 is 5.32 Å². The maximum absolute atomic E-state index is 12.2. The van der Waals surface area contributed by atoms with E-state index in [0.717, 1.165) is 11.4 Å². The molecule has 0 aromatic carbocycles. The topological polar surface area (TPSA) is 134 Å². The van der Waals surface area contributed by atoms with E-state index in [-0.39, 0.29) is 28.6 Å². The average Bonchev–Trinajstić information content (AvgIpc) is 3.29. The Morgan fingerprint density at radius 1 is 1.41 bits per heavy atom. The highest BCUT2D eigenvalue weighted by Crippen LogP contribution is 2.27. The van der Waals surface area contributed by atoms with Gasteiger partial charge in [-0.25, -0.2) is 0 Å². The number of carbonyl (C=O) groups is 1. The predicted octanol–water partition coefficient (Wildman–Crippen LogP) is 1.87. The van der Waals surface area contributed by atoms with Crippen molar-refractivity contribution in [3.8, 4) is 0 Å². The summed E-state index contributed by atoms with van der Waals surface area (Å²) >= 11 is 3.14. The summed E-state index contributed by atoms with van der Waals surface area (Å²) in [7, 11) is 1.91. The van der Waals surface area contributed by atoms with Gasteiger partial charge >= 0.3 is 17.6 Å². The molecule has 0 aliphatic rings. The van der Waals surface area contributed by atoms with E-state index >= 15 is 0 Å². The SMILES string of the molecule is Cc1c(Br)c([N+](=O)[O-])nn1Cc1noc(C(=O)NCc2ccc(C)n2C)n1. The number of hydrogen-bond donors (Lipinski definition) is 1. The van der Waals surface area contributed by atoms with E-state index in [2.05, 4.69) is 36.5 Å². The van der Waals surface area contributed by atoms with Gasteiger partial charge in [0.05, 0.1) is 17.3 Å². The molecule has 0 bridgehead atoms. The molecule has 0 spiro atoms. The first-order valence-electron chi connectivity index (χ1n) is 7.87. The van der Waals surface area contributed by atoms with Gasteiger partial charge in [0, 0.05) is 18.4 Å². The number of nitrogens with zero attached hydrogens (tertiary/aromatic N) is 6. The molecule has 0 saturated carbocycles. The molecule has 11 nitrogen and oxygen atoms in total. The highest BCUT2D eigenvalue weighted by molar-refractivity contribution is 9.10. The first-order valence-corrected chi connectivity index (χ1v) is 8.66. The van der Waals surface area contributed by atoms with E-state index in [1.807, 2.05) is 30.7 Å². The molecule has 142 valence electrons. The molecule has 1 amide bonds. The first kappa shape index (κ1) is 18.8. The van der Waals surface area contributed by atoms with Crippen molar-refractivity contribution in [1.82, 2.24) is 29.8 Å². The molecule has 0 aliphatic heterocycles. The molecule has 0 unspecified atom stereocenters. The number of aryl methyl sites for hydroxylation is 1. The molecular formula is C15H16BrN7O4. The molecule has 3 rings (SSSR count). The Kier molecular flexibility index (Phi) is 5.08. The third-order valence-electron chi connectivity index (χ3n) is 4.15. The van der Waals surface area contributed by atoms with Crippen LogP contribution in [0.25, 0.3) is 0 Å². The van der Waals surface area contributed by atoms with Crippen molar-refractivity contribution in [2.75, 3.05) is 0 Å². The third-order valence-corrected chi connectivity index (χ3v) is 5.08. The number of halogens is 1. The smallest absolute Gasteiger partial charge is 0.358 e. The summed E-state index contributed by atoms with van der Waals surface area (Å²) in [4.78, 5) is 26.6. The minimum absolute atomic E-state index is 0.0338. The monoisotopic (exact) mass is 437 g/mol. The van der Waals surface area contributed by atoms with Gasteiger partial charge in [0.2, 0.25) is 0 Å². The molecule has 12 heteroatoms. The summed E-state index contributed by atoms with van der Waals surface area (Å²) in [5.74, 6) is -0.805. The zero-order chi connectivity index (χ0) is 19.7. The van der Waals surface area contributed by atoms with Crippen molar-refractivity contribution < 1.29 is 14.2 Å². The fourth-order valence-electron chi connectivity index (χ4n) is 2.41. The normalized spacial score (nSPS) is 11.0. The predicted molar refractivity (Wildman–Crippen MR) is 96.0 cm³/mol. The van der Waals surface area contributed by atoms with Gasteiger partial charge in [0.15, 0.2) is 5.82 Å². The molecule has 0 radical (unpaired) electrons. The van der Waals surface area contributed by atoms with Gasteiger partial charge in [-0.05, 0) is 46.8 Å². The number of amides is 1. The number of nitro groups is 1. The molecule has 3 aromatic heterocycles. The van der Waals surface area contributed by atoms with Crippen molar-refractivity contribution in [1.29, 1.82) is 0 Å². The van der Waals surface area contributed by atoms with E-state index < -0.39 is 10.8 Å². The highest BCUT2D eigenvalue weighted by Gasteiger charge is 2.25. The molecule has 3 heterocycles. The number of hydrogen-bond acceptors (Lipinski definition) is 7. The molecule has 0 saturated heterocycles. The largest absolute Gasteiger partial charge is 0.404 e. The molecule has 0 fully saturated rings. The summed E-state index contributed by atoms with van der Waals surface area (Å²) in [6, 6.07) is 3.87. The number of nitrogens with one attached hydrogen (secondary N) is 1. The molecule has 27 heavy (non-hydrogen) atoms. The van der Waals surface area contributed by atoms with Crippen LogP contribution in [0.5, 0.6) is 0 Å². The summed E-state index contributed by atoms with van der Waals surface area (Å²) in [6.45, 7) is 3.99. The van der Waals surface area contributed by atoms with E-state index in [4.69, 9.17) is 4.52 Å². The van der Waals surface area contributed by atoms with Crippen LogP contribution in [0.15, 0.2) is 21.1 Å². The zero-order valence-electron chi connectivity index (χ0n) is 14.8. The fraction of sp³-hybridized carbons (Fsp3) is 0.333.